The lowest BCUT2D eigenvalue weighted by Gasteiger charge is -2.24. The van der Waals surface area contributed by atoms with Crippen LogP contribution in [-0.2, 0) is 20.5 Å². The van der Waals surface area contributed by atoms with Crippen LogP contribution in [0.4, 0.5) is 4.39 Å². The summed E-state index contributed by atoms with van der Waals surface area (Å²) >= 11 is 0. The van der Waals surface area contributed by atoms with Gasteiger partial charge in [-0.25, -0.2) is 12.8 Å². The van der Waals surface area contributed by atoms with E-state index in [1.165, 1.54) is 26.0 Å². The quantitative estimate of drug-likeness (QED) is 0.806. The van der Waals surface area contributed by atoms with Crippen LogP contribution in [0.1, 0.15) is 25.0 Å². The Morgan fingerprint density at radius 3 is 2.26 bits per heavy atom. The minimum atomic E-state index is -3.78. The third-order valence-electron chi connectivity index (χ3n) is 2.74. The maximum absolute atomic E-state index is 14.2. The van der Waals surface area contributed by atoms with Crippen molar-refractivity contribution in [1.82, 2.24) is 0 Å². The topological polar surface area (TPSA) is 52.6 Å². The third kappa shape index (κ3) is 3.51. The zero-order chi connectivity index (χ0) is 14.3. The van der Waals surface area contributed by atoms with Crippen molar-refractivity contribution in [2.75, 3.05) is 13.2 Å². The number of fused-ring (bicyclic) bond motifs is 1. The Bertz CT molecular complexity index is 592. The van der Waals surface area contributed by atoms with Gasteiger partial charge < -0.3 is 9.47 Å². The Morgan fingerprint density at radius 2 is 1.79 bits per heavy atom. The van der Waals surface area contributed by atoms with E-state index in [9.17, 15) is 12.8 Å². The van der Waals surface area contributed by atoms with Crippen LogP contribution in [-0.4, -0.2) is 21.6 Å². The molecule has 1 aliphatic rings. The van der Waals surface area contributed by atoms with Gasteiger partial charge in [0.05, 0.1) is 5.75 Å². The van der Waals surface area contributed by atoms with Crippen molar-refractivity contribution in [3.8, 4) is 11.5 Å². The van der Waals surface area contributed by atoms with Gasteiger partial charge in [0, 0.05) is 10.7 Å². The van der Waals surface area contributed by atoms with Gasteiger partial charge in [-0.3, -0.25) is 0 Å². The summed E-state index contributed by atoms with van der Waals surface area (Å²) in [6.45, 7) is 3.45. The van der Waals surface area contributed by atoms with E-state index in [2.05, 4.69) is 0 Å². The summed E-state index contributed by atoms with van der Waals surface area (Å²) < 4.78 is 47.4. The van der Waals surface area contributed by atoms with Crippen LogP contribution in [0.25, 0.3) is 0 Å². The first-order chi connectivity index (χ1) is 8.67. The Morgan fingerprint density at radius 1 is 1.26 bits per heavy atom. The van der Waals surface area contributed by atoms with Crippen molar-refractivity contribution >= 4 is 19.7 Å². The minimum Gasteiger partial charge on any atom is -0.486 e. The summed E-state index contributed by atoms with van der Waals surface area (Å²) in [4.78, 5) is 0. The SMILES string of the molecule is CC(C)(F)c1cc2c(cc1CS(=O)(=O)Cl)OCCO2. The highest BCUT2D eigenvalue weighted by molar-refractivity contribution is 8.13. The number of halogens is 2. The van der Waals surface area contributed by atoms with E-state index < -0.39 is 20.5 Å². The van der Waals surface area contributed by atoms with Crippen LogP contribution < -0.4 is 9.47 Å². The highest BCUT2D eigenvalue weighted by atomic mass is 35.7. The molecule has 0 radical (unpaired) electrons. The number of benzene rings is 1. The van der Waals surface area contributed by atoms with Crippen molar-refractivity contribution in [3.05, 3.63) is 23.3 Å². The average molecular weight is 309 g/mol. The molecule has 1 heterocycles. The van der Waals surface area contributed by atoms with Gasteiger partial charge in [0.25, 0.3) is 0 Å². The standard InChI is InChI=1S/C12H14ClFO4S/c1-12(2,14)9-6-11-10(17-3-4-18-11)5-8(9)7-19(13,15)16/h5-6H,3-4,7H2,1-2H3. The molecule has 1 aromatic carbocycles. The molecule has 0 atom stereocenters. The fourth-order valence-electron chi connectivity index (χ4n) is 1.99. The predicted octanol–water partition coefficient (Wildman–Crippen LogP) is 2.73. The number of rotatable bonds is 3. The van der Waals surface area contributed by atoms with Crippen LogP contribution in [0.5, 0.6) is 11.5 Å². The number of hydrogen-bond acceptors (Lipinski definition) is 4. The fourth-order valence-corrected chi connectivity index (χ4v) is 2.95. The van der Waals surface area contributed by atoms with E-state index in [1.807, 2.05) is 0 Å². The average Bonchev–Trinajstić information content (AvgIpc) is 2.24. The van der Waals surface area contributed by atoms with Crippen LogP contribution >= 0.6 is 10.7 Å². The van der Waals surface area contributed by atoms with Crippen LogP contribution in [0.3, 0.4) is 0 Å². The second kappa shape index (κ2) is 4.83. The molecule has 0 fully saturated rings. The molecule has 1 aliphatic heterocycles. The number of alkyl halides is 1. The molecule has 0 amide bonds. The lowest BCUT2D eigenvalue weighted by molar-refractivity contribution is 0.168. The maximum atomic E-state index is 14.2. The fraction of sp³-hybridized carbons (Fsp3) is 0.500. The monoisotopic (exact) mass is 308 g/mol. The van der Waals surface area contributed by atoms with Gasteiger partial charge in [0.15, 0.2) is 11.5 Å². The summed E-state index contributed by atoms with van der Waals surface area (Å²) in [5.74, 6) is 0.380. The molecule has 7 heteroatoms. The summed E-state index contributed by atoms with van der Waals surface area (Å²) in [6.07, 6.45) is 0. The molecular formula is C12H14ClFO4S. The zero-order valence-corrected chi connectivity index (χ0v) is 12.1. The Balaban J connectivity index is 2.55. The Hall–Kier alpha value is -1.01. The van der Waals surface area contributed by atoms with Gasteiger partial charge in [0.2, 0.25) is 9.05 Å². The number of hydrogen-bond donors (Lipinski definition) is 0. The van der Waals surface area contributed by atoms with E-state index in [1.54, 1.807) is 0 Å². The molecule has 1 aromatic rings. The van der Waals surface area contributed by atoms with Gasteiger partial charge >= 0.3 is 0 Å². The summed E-state index contributed by atoms with van der Waals surface area (Å²) in [5.41, 5.74) is -1.18. The smallest absolute Gasteiger partial charge is 0.236 e. The largest absolute Gasteiger partial charge is 0.486 e. The van der Waals surface area contributed by atoms with Crippen LogP contribution in [0.15, 0.2) is 12.1 Å². The molecule has 2 rings (SSSR count). The first-order valence-corrected chi connectivity index (χ1v) is 8.19. The molecule has 4 nitrogen and oxygen atoms in total. The molecule has 0 saturated heterocycles. The van der Waals surface area contributed by atoms with Gasteiger partial charge in [-0.1, -0.05) is 0 Å². The normalized spacial score (nSPS) is 15.4. The van der Waals surface area contributed by atoms with Crippen molar-refractivity contribution in [2.45, 2.75) is 25.3 Å². The van der Waals surface area contributed by atoms with E-state index in [0.29, 0.717) is 24.7 Å². The van der Waals surface area contributed by atoms with Crippen LogP contribution in [0, 0.1) is 0 Å². The van der Waals surface area contributed by atoms with Gasteiger partial charge in [-0.15, -0.1) is 0 Å². The summed E-state index contributed by atoms with van der Waals surface area (Å²) in [7, 11) is 1.47. The van der Waals surface area contributed by atoms with Gasteiger partial charge in [0.1, 0.15) is 18.9 Å². The summed E-state index contributed by atoms with van der Waals surface area (Å²) in [5, 5.41) is 0. The lowest BCUT2D eigenvalue weighted by Crippen LogP contribution is -2.19. The highest BCUT2D eigenvalue weighted by Crippen LogP contribution is 2.39. The maximum Gasteiger partial charge on any atom is 0.236 e. The lowest BCUT2D eigenvalue weighted by atomic mass is 9.94. The predicted molar refractivity (Wildman–Crippen MR) is 70.0 cm³/mol. The molecule has 0 aliphatic carbocycles. The molecule has 0 saturated carbocycles. The minimum absolute atomic E-state index is 0.237. The van der Waals surface area contributed by atoms with Gasteiger partial charge in [-0.2, -0.15) is 0 Å². The first kappa shape index (κ1) is 14.4. The second-order valence-electron chi connectivity index (χ2n) is 4.81. The van der Waals surface area contributed by atoms with E-state index in [0.717, 1.165) is 0 Å². The molecule has 0 bridgehead atoms. The van der Waals surface area contributed by atoms with Crippen LogP contribution in [0.2, 0.25) is 0 Å². The molecule has 106 valence electrons. The molecule has 0 unspecified atom stereocenters. The Labute approximate surface area is 115 Å². The second-order valence-corrected chi connectivity index (χ2v) is 7.59. The van der Waals surface area contributed by atoms with Crippen molar-refractivity contribution in [3.63, 3.8) is 0 Å². The third-order valence-corrected chi connectivity index (χ3v) is 3.72. The van der Waals surface area contributed by atoms with Gasteiger partial charge in [-0.05, 0) is 37.1 Å². The van der Waals surface area contributed by atoms with E-state index in [-0.39, 0.29) is 11.1 Å². The van der Waals surface area contributed by atoms with E-state index in [4.69, 9.17) is 20.2 Å². The Kier molecular flexibility index (Phi) is 3.66. The molecule has 0 N–H and O–H groups in total. The molecule has 0 aromatic heterocycles. The zero-order valence-electron chi connectivity index (χ0n) is 10.6. The molecular weight excluding hydrogens is 295 g/mol. The first-order valence-electron chi connectivity index (χ1n) is 5.71. The highest BCUT2D eigenvalue weighted by Gasteiger charge is 2.28. The van der Waals surface area contributed by atoms with Crippen molar-refractivity contribution in [2.24, 2.45) is 0 Å². The van der Waals surface area contributed by atoms with E-state index >= 15 is 0 Å². The van der Waals surface area contributed by atoms with Crippen molar-refractivity contribution in [1.29, 1.82) is 0 Å². The van der Waals surface area contributed by atoms with Crippen molar-refractivity contribution < 1.29 is 22.3 Å². The summed E-state index contributed by atoms with van der Waals surface area (Å²) in [6, 6.07) is 2.96. The molecule has 19 heavy (non-hydrogen) atoms. The number of ether oxygens (including phenoxy) is 2. The molecule has 0 spiro atoms.